The number of imide groups is 1. The summed E-state index contributed by atoms with van der Waals surface area (Å²) in [5, 5.41) is 2.79. The maximum absolute atomic E-state index is 13.0. The van der Waals surface area contributed by atoms with Gasteiger partial charge in [0.2, 0.25) is 0 Å². The molecule has 1 spiro atoms. The molecule has 21 heavy (non-hydrogen) atoms. The summed E-state index contributed by atoms with van der Waals surface area (Å²) in [7, 11) is 0. The smallest absolute Gasteiger partial charge is 0.325 e. The largest absolute Gasteiger partial charge is 0.492 e. The van der Waals surface area contributed by atoms with Crippen LogP contribution < -0.4 is 10.1 Å². The lowest BCUT2D eigenvalue weighted by atomic mass is 9.99. The number of halogens is 1. The number of nitrogens with one attached hydrogen (secondary N) is 1. The third-order valence-electron chi connectivity index (χ3n) is 3.65. The van der Waals surface area contributed by atoms with Crippen molar-refractivity contribution in [1.29, 1.82) is 0 Å². The van der Waals surface area contributed by atoms with Gasteiger partial charge in [-0.25, -0.2) is 9.18 Å². The zero-order chi connectivity index (χ0) is 14.9. The van der Waals surface area contributed by atoms with Crippen molar-refractivity contribution in [1.82, 2.24) is 10.2 Å². The number of urea groups is 1. The van der Waals surface area contributed by atoms with Gasteiger partial charge in [-0.15, -0.1) is 0 Å². The van der Waals surface area contributed by atoms with E-state index in [9.17, 15) is 14.0 Å². The number of ether oxygens (including phenoxy) is 1. The van der Waals surface area contributed by atoms with E-state index >= 15 is 0 Å². The second kappa shape index (κ2) is 5.55. The third kappa shape index (κ3) is 2.70. The molecular formula is C14H15FN2O3S. The monoisotopic (exact) mass is 310 g/mol. The second-order valence-corrected chi connectivity index (χ2v) is 6.18. The summed E-state index contributed by atoms with van der Waals surface area (Å²) in [5.74, 6) is 1.32. The van der Waals surface area contributed by atoms with Crippen molar-refractivity contribution in [2.75, 3.05) is 24.7 Å². The Morgan fingerprint density at radius 2 is 2.29 bits per heavy atom. The van der Waals surface area contributed by atoms with E-state index in [1.165, 1.54) is 17.0 Å². The average Bonchev–Trinajstić information content (AvgIpc) is 3.00. The fourth-order valence-electron chi connectivity index (χ4n) is 2.52. The molecule has 2 fully saturated rings. The van der Waals surface area contributed by atoms with Crippen LogP contribution in [0.2, 0.25) is 0 Å². The van der Waals surface area contributed by atoms with E-state index in [2.05, 4.69) is 5.32 Å². The Morgan fingerprint density at radius 3 is 3.00 bits per heavy atom. The number of nitrogens with zero attached hydrogens (tertiary/aromatic N) is 1. The van der Waals surface area contributed by atoms with Crippen LogP contribution in [-0.4, -0.2) is 47.0 Å². The molecule has 7 heteroatoms. The quantitative estimate of drug-likeness (QED) is 0.859. The highest BCUT2D eigenvalue weighted by atomic mass is 32.2. The van der Waals surface area contributed by atoms with Crippen molar-refractivity contribution in [3.05, 3.63) is 30.1 Å². The Morgan fingerprint density at radius 1 is 1.43 bits per heavy atom. The molecule has 0 aliphatic carbocycles. The Bertz CT molecular complexity index is 575. The van der Waals surface area contributed by atoms with Gasteiger partial charge in [-0.1, -0.05) is 6.07 Å². The van der Waals surface area contributed by atoms with Crippen LogP contribution in [0.4, 0.5) is 9.18 Å². The van der Waals surface area contributed by atoms with Crippen LogP contribution >= 0.6 is 11.8 Å². The van der Waals surface area contributed by atoms with E-state index in [1.807, 2.05) is 0 Å². The zero-order valence-electron chi connectivity index (χ0n) is 11.3. The molecule has 2 aliphatic rings. The minimum atomic E-state index is -0.722. The Hall–Kier alpha value is -1.76. The molecule has 0 aromatic heterocycles. The highest BCUT2D eigenvalue weighted by molar-refractivity contribution is 7.99. The van der Waals surface area contributed by atoms with Crippen LogP contribution in [0.3, 0.4) is 0 Å². The first-order valence-corrected chi connectivity index (χ1v) is 7.86. The van der Waals surface area contributed by atoms with Crippen LogP contribution in [-0.2, 0) is 4.79 Å². The molecule has 1 atom stereocenters. The molecule has 112 valence electrons. The van der Waals surface area contributed by atoms with E-state index in [4.69, 9.17) is 4.74 Å². The van der Waals surface area contributed by atoms with Gasteiger partial charge in [-0.05, 0) is 24.3 Å². The summed E-state index contributed by atoms with van der Waals surface area (Å²) >= 11 is 1.67. The zero-order valence-corrected chi connectivity index (χ0v) is 12.1. The lowest BCUT2D eigenvalue weighted by molar-refractivity contribution is -0.130. The van der Waals surface area contributed by atoms with Crippen molar-refractivity contribution in [2.24, 2.45) is 0 Å². The van der Waals surface area contributed by atoms with E-state index in [0.717, 1.165) is 5.75 Å². The van der Waals surface area contributed by atoms with Crippen LogP contribution in [0.25, 0.3) is 0 Å². The molecule has 3 amide bonds. The van der Waals surface area contributed by atoms with Crippen LogP contribution in [0.1, 0.15) is 6.42 Å². The first kappa shape index (κ1) is 14.2. The molecule has 0 unspecified atom stereocenters. The highest BCUT2D eigenvalue weighted by Gasteiger charge is 2.52. The van der Waals surface area contributed by atoms with Crippen LogP contribution in [0, 0.1) is 5.82 Å². The normalized spacial score (nSPS) is 24.7. The summed E-state index contributed by atoms with van der Waals surface area (Å²) in [4.78, 5) is 25.4. The predicted octanol–water partition coefficient (Wildman–Crippen LogP) is 1.63. The van der Waals surface area contributed by atoms with Crippen molar-refractivity contribution in [2.45, 2.75) is 12.0 Å². The molecule has 0 bridgehead atoms. The maximum atomic E-state index is 13.0. The molecule has 2 aliphatic heterocycles. The topological polar surface area (TPSA) is 58.6 Å². The first-order chi connectivity index (χ1) is 10.1. The minimum absolute atomic E-state index is 0.145. The number of hydrogen-bond donors (Lipinski definition) is 1. The van der Waals surface area contributed by atoms with Crippen LogP contribution in [0.5, 0.6) is 5.75 Å². The summed E-state index contributed by atoms with van der Waals surface area (Å²) < 4.78 is 18.4. The standard InChI is InChI=1S/C14H15FN2O3S/c15-10-2-1-3-11(8-10)20-6-5-17-12(18)14(16-13(17)19)4-7-21-9-14/h1-3,8H,4-7,9H2,(H,16,19)/t14-/m0/s1. The van der Waals surface area contributed by atoms with Gasteiger partial charge in [0.1, 0.15) is 23.7 Å². The van der Waals surface area contributed by atoms with Crippen molar-refractivity contribution in [3.8, 4) is 5.75 Å². The number of hydrogen-bond acceptors (Lipinski definition) is 4. The second-order valence-electron chi connectivity index (χ2n) is 5.08. The molecule has 1 aromatic carbocycles. The highest BCUT2D eigenvalue weighted by Crippen LogP contribution is 2.33. The Kier molecular flexibility index (Phi) is 3.75. The minimum Gasteiger partial charge on any atom is -0.492 e. The van der Waals surface area contributed by atoms with Gasteiger partial charge in [0, 0.05) is 11.8 Å². The number of amides is 3. The summed E-state index contributed by atoms with van der Waals surface area (Å²) in [5.41, 5.74) is -0.722. The maximum Gasteiger partial charge on any atom is 0.325 e. The summed E-state index contributed by atoms with van der Waals surface area (Å²) in [6.45, 7) is 0.305. The van der Waals surface area contributed by atoms with Crippen molar-refractivity contribution in [3.63, 3.8) is 0 Å². The number of carbonyl (C=O) groups is 2. The summed E-state index contributed by atoms with van der Waals surface area (Å²) in [6.07, 6.45) is 0.670. The van der Waals surface area contributed by atoms with Crippen LogP contribution in [0.15, 0.2) is 24.3 Å². The molecule has 2 saturated heterocycles. The van der Waals surface area contributed by atoms with Gasteiger partial charge in [0.05, 0.1) is 6.54 Å². The molecule has 3 rings (SSSR count). The van der Waals surface area contributed by atoms with Gasteiger partial charge in [-0.2, -0.15) is 11.8 Å². The van der Waals surface area contributed by atoms with Gasteiger partial charge in [-0.3, -0.25) is 9.69 Å². The van der Waals surface area contributed by atoms with E-state index in [0.29, 0.717) is 17.9 Å². The summed E-state index contributed by atoms with van der Waals surface area (Å²) in [6, 6.07) is 5.39. The van der Waals surface area contributed by atoms with Gasteiger partial charge in [0.25, 0.3) is 5.91 Å². The lowest BCUT2D eigenvalue weighted by Crippen LogP contribution is -2.47. The molecule has 1 aromatic rings. The number of thioether (sulfide) groups is 1. The van der Waals surface area contributed by atoms with E-state index in [-0.39, 0.29) is 30.9 Å². The lowest BCUT2D eigenvalue weighted by Gasteiger charge is -2.19. The van der Waals surface area contributed by atoms with Crippen molar-refractivity contribution < 1.29 is 18.7 Å². The SMILES string of the molecule is O=C1N[C@]2(CCSC2)C(=O)N1CCOc1cccc(F)c1. The van der Waals surface area contributed by atoms with E-state index in [1.54, 1.807) is 23.9 Å². The first-order valence-electron chi connectivity index (χ1n) is 6.71. The molecule has 2 heterocycles. The molecular weight excluding hydrogens is 295 g/mol. The fraction of sp³-hybridized carbons (Fsp3) is 0.429. The third-order valence-corrected chi connectivity index (χ3v) is 4.84. The predicted molar refractivity (Wildman–Crippen MR) is 76.8 cm³/mol. The fourth-order valence-corrected chi connectivity index (χ4v) is 3.85. The van der Waals surface area contributed by atoms with Gasteiger partial charge in [0.15, 0.2) is 0 Å². The Labute approximate surface area is 125 Å². The van der Waals surface area contributed by atoms with Gasteiger partial charge < -0.3 is 10.1 Å². The number of carbonyl (C=O) groups excluding carboxylic acids is 2. The van der Waals surface area contributed by atoms with Crippen molar-refractivity contribution >= 4 is 23.7 Å². The number of benzene rings is 1. The molecule has 1 N–H and O–H groups in total. The average molecular weight is 310 g/mol. The Balaban J connectivity index is 1.58. The van der Waals surface area contributed by atoms with E-state index < -0.39 is 5.54 Å². The number of rotatable bonds is 4. The molecule has 0 radical (unpaired) electrons. The molecule has 0 saturated carbocycles. The molecule has 5 nitrogen and oxygen atoms in total. The van der Waals surface area contributed by atoms with Gasteiger partial charge >= 0.3 is 6.03 Å².